The number of hydrogen-bond donors (Lipinski definition) is 1. The molecule has 1 heterocycles. The summed E-state index contributed by atoms with van der Waals surface area (Å²) in [5, 5.41) is 19.5. The smallest absolute Gasteiger partial charge is 0.176 e. The van der Waals surface area contributed by atoms with E-state index in [-0.39, 0.29) is 0 Å². The lowest BCUT2D eigenvalue weighted by Gasteiger charge is -2.08. The van der Waals surface area contributed by atoms with Crippen molar-refractivity contribution >= 4 is 44.3 Å². The van der Waals surface area contributed by atoms with Crippen LogP contribution in [0.5, 0.6) is 0 Å². The van der Waals surface area contributed by atoms with Gasteiger partial charge < -0.3 is 0 Å². The third-order valence-corrected chi connectivity index (χ3v) is 4.75. The van der Waals surface area contributed by atoms with Crippen molar-refractivity contribution in [2.45, 2.75) is 0 Å². The lowest BCUT2D eigenvalue weighted by atomic mass is 9.97. The summed E-state index contributed by atoms with van der Waals surface area (Å²) in [6.45, 7) is 0. The number of nitrogens with zero attached hydrogens (tertiary/aromatic N) is 3. The number of hydrazone groups is 1. The average molecular weight is 348 g/mol. The molecule has 0 atom stereocenters. The van der Waals surface area contributed by atoms with Crippen molar-refractivity contribution in [3.8, 4) is 0 Å². The zero-order valence-corrected chi connectivity index (χ0v) is 14.5. The van der Waals surface area contributed by atoms with Crippen LogP contribution >= 0.6 is 0 Å². The van der Waals surface area contributed by atoms with E-state index in [1.54, 1.807) is 6.20 Å². The molecular weight excluding hydrogens is 332 g/mol. The second kappa shape index (κ2) is 6.50. The molecule has 5 rings (SSSR count). The normalized spacial score (nSPS) is 11.6. The standard InChI is InChI=1S/C23H16N4/c1-4-10-19-16(7-1)13-17-8-2-5-11-20(17)22(19)15-25-27-23-21-12-6-3-9-18(21)14-24-26-23/h1-15H,(H,26,27)/b25-15-. The van der Waals surface area contributed by atoms with E-state index in [1.165, 1.54) is 21.5 Å². The molecule has 128 valence electrons. The van der Waals surface area contributed by atoms with Gasteiger partial charge in [-0.15, -0.1) is 5.10 Å². The second-order valence-corrected chi connectivity index (χ2v) is 6.38. The van der Waals surface area contributed by atoms with Crippen LogP contribution in [0, 0.1) is 0 Å². The quantitative estimate of drug-likeness (QED) is 0.270. The van der Waals surface area contributed by atoms with Gasteiger partial charge in [0.25, 0.3) is 0 Å². The van der Waals surface area contributed by atoms with Gasteiger partial charge in [0.15, 0.2) is 5.82 Å². The number of hydrogen-bond acceptors (Lipinski definition) is 4. The van der Waals surface area contributed by atoms with Crippen molar-refractivity contribution in [3.63, 3.8) is 0 Å². The van der Waals surface area contributed by atoms with Crippen LogP contribution in [0.1, 0.15) is 5.56 Å². The van der Waals surface area contributed by atoms with E-state index in [0.717, 1.165) is 16.3 Å². The van der Waals surface area contributed by atoms with Crippen LogP contribution in [0.2, 0.25) is 0 Å². The van der Waals surface area contributed by atoms with Crippen LogP contribution in [-0.2, 0) is 0 Å². The predicted molar refractivity (Wildman–Crippen MR) is 112 cm³/mol. The minimum atomic E-state index is 0.647. The zero-order valence-electron chi connectivity index (χ0n) is 14.5. The van der Waals surface area contributed by atoms with E-state index in [9.17, 15) is 0 Å². The fraction of sp³-hybridized carbons (Fsp3) is 0. The molecule has 0 saturated heterocycles. The molecule has 0 saturated carbocycles. The summed E-state index contributed by atoms with van der Waals surface area (Å²) in [6, 6.07) is 26.9. The highest BCUT2D eigenvalue weighted by Gasteiger charge is 2.06. The molecule has 1 N–H and O–H groups in total. The van der Waals surface area contributed by atoms with E-state index in [4.69, 9.17) is 0 Å². The van der Waals surface area contributed by atoms with Crippen LogP contribution in [-0.4, -0.2) is 16.4 Å². The molecule has 0 spiro atoms. The lowest BCUT2D eigenvalue weighted by molar-refractivity contribution is 1.04. The Morgan fingerprint density at radius 1 is 0.704 bits per heavy atom. The van der Waals surface area contributed by atoms with Crippen LogP contribution < -0.4 is 5.43 Å². The van der Waals surface area contributed by atoms with Crippen LogP contribution in [0.25, 0.3) is 32.3 Å². The van der Waals surface area contributed by atoms with Gasteiger partial charge in [0.1, 0.15) is 0 Å². The maximum absolute atomic E-state index is 4.48. The summed E-state index contributed by atoms with van der Waals surface area (Å²) in [4.78, 5) is 0. The number of benzene rings is 4. The van der Waals surface area contributed by atoms with Crippen LogP contribution in [0.15, 0.2) is 90.2 Å². The highest BCUT2D eigenvalue weighted by Crippen LogP contribution is 2.27. The van der Waals surface area contributed by atoms with Gasteiger partial charge in [-0.2, -0.15) is 10.2 Å². The molecule has 4 nitrogen and oxygen atoms in total. The maximum atomic E-state index is 4.48. The summed E-state index contributed by atoms with van der Waals surface area (Å²) < 4.78 is 0. The number of nitrogens with one attached hydrogen (secondary N) is 1. The molecule has 0 aliphatic heterocycles. The van der Waals surface area contributed by atoms with E-state index in [0.29, 0.717) is 5.82 Å². The van der Waals surface area contributed by atoms with Gasteiger partial charge in [-0.1, -0.05) is 72.8 Å². The molecule has 1 aromatic heterocycles. The molecule has 5 aromatic rings. The predicted octanol–water partition coefficient (Wildman–Crippen LogP) is 5.38. The highest BCUT2D eigenvalue weighted by atomic mass is 15.3. The van der Waals surface area contributed by atoms with E-state index < -0.39 is 0 Å². The molecule has 27 heavy (non-hydrogen) atoms. The minimum absolute atomic E-state index is 0.647. The Morgan fingerprint density at radius 2 is 1.30 bits per heavy atom. The van der Waals surface area contributed by atoms with Crippen molar-refractivity contribution in [1.29, 1.82) is 0 Å². The van der Waals surface area contributed by atoms with Gasteiger partial charge in [0, 0.05) is 16.3 Å². The van der Waals surface area contributed by atoms with Gasteiger partial charge in [0.05, 0.1) is 12.4 Å². The molecule has 4 aromatic carbocycles. The Morgan fingerprint density at radius 3 is 2.00 bits per heavy atom. The summed E-state index contributed by atoms with van der Waals surface area (Å²) in [5.74, 6) is 0.647. The van der Waals surface area contributed by atoms with Crippen molar-refractivity contribution in [2.24, 2.45) is 5.10 Å². The van der Waals surface area contributed by atoms with E-state index in [1.807, 2.05) is 30.5 Å². The first kappa shape index (κ1) is 15.5. The molecular formula is C23H16N4. The Bertz CT molecular complexity index is 1250. The van der Waals surface area contributed by atoms with Crippen molar-refractivity contribution < 1.29 is 0 Å². The van der Waals surface area contributed by atoms with E-state index in [2.05, 4.69) is 75.3 Å². The molecule has 4 heteroatoms. The third kappa shape index (κ3) is 2.77. The third-order valence-electron chi connectivity index (χ3n) is 4.75. The molecule has 0 aliphatic rings. The Balaban J connectivity index is 1.61. The number of aromatic nitrogens is 2. The van der Waals surface area contributed by atoms with Gasteiger partial charge >= 0.3 is 0 Å². The Hall–Kier alpha value is -3.79. The van der Waals surface area contributed by atoms with Crippen LogP contribution in [0.3, 0.4) is 0 Å². The SMILES string of the molecule is C(=N/Nc1nncc2ccccc12)/c1c2ccccc2cc2ccccc12. The first-order chi connectivity index (χ1) is 13.4. The van der Waals surface area contributed by atoms with Gasteiger partial charge in [-0.25, -0.2) is 0 Å². The van der Waals surface area contributed by atoms with Gasteiger partial charge in [-0.05, 0) is 27.6 Å². The first-order valence-corrected chi connectivity index (χ1v) is 8.80. The van der Waals surface area contributed by atoms with E-state index >= 15 is 0 Å². The second-order valence-electron chi connectivity index (χ2n) is 6.38. The summed E-state index contributed by atoms with van der Waals surface area (Å²) in [5.41, 5.74) is 4.15. The first-order valence-electron chi connectivity index (χ1n) is 8.80. The number of rotatable bonds is 3. The van der Waals surface area contributed by atoms with Crippen molar-refractivity contribution in [1.82, 2.24) is 10.2 Å². The summed E-state index contributed by atoms with van der Waals surface area (Å²) in [6.07, 6.45) is 3.62. The number of anilines is 1. The van der Waals surface area contributed by atoms with Gasteiger partial charge in [-0.3, -0.25) is 5.43 Å². The zero-order chi connectivity index (χ0) is 18.1. The Kier molecular flexibility index (Phi) is 3.72. The molecule has 0 bridgehead atoms. The molecule has 0 unspecified atom stereocenters. The van der Waals surface area contributed by atoms with Crippen molar-refractivity contribution in [3.05, 3.63) is 90.6 Å². The fourth-order valence-electron chi connectivity index (χ4n) is 3.46. The number of fused-ring (bicyclic) bond motifs is 3. The van der Waals surface area contributed by atoms with Gasteiger partial charge in [0.2, 0.25) is 0 Å². The Labute approximate surface area is 156 Å². The monoisotopic (exact) mass is 348 g/mol. The average Bonchev–Trinajstić information content (AvgIpc) is 2.73. The minimum Gasteiger partial charge on any atom is -0.259 e. The molecule has 0 fully saturated rings. The molecule has 0 amide bonds. The maximum Gasteiger partial charge on any atom is 0.176 e. The summed E-state index contributed by atoms with van der Waals surface area (Å²) in [7, 11) is 0. The van der Waals surface area contributed by atoms with Crippen LogP contribution in [0.4, 0.5) is 5.82 Å². The van der Waals surface area contributed by atoms with Crippen molar-refractivity contribution in [2.75, 3.05) is 5.43 Å². The topological polar surface area (TPSA) is 50.2 Å². The fourth-order valence-corrected chi connectivity index (χ4v) is 3.46. The lowest BCUT2D eigenvalue weighted by Crippen LogP contribution is -1.97. The molecule has 0 aliphatic carbocycles. The summed E-state index contributed by atoms with van der Waals surface area (Å²) >= 11 is 0. The molecule has 0 radical (unpaired) electrons. The largest absolute Gasteiger partial charge is 0.259 e. The highest BCUT2D eigenvalue weighted by molar-refractivity contribution is 6.13.